The molecule has 1 saturated heterocycles. The third-order valence-electron chi connectivity index (χ3n) is 6.07. The highest BCUT2D eigenvalue weighted by atomic mass is 32.2. The van der Waals surface area contributed by atoms with Crippen LogP contribution in [0.2, 0.25) is 0 Å². The predicted molar refractivity (Wildman–Crippen MR) is 148 cm³/mol. The van der Waals surface area contributed by atoms with Crippen molar-refractivity contribution < 1.29 is 28.9 Å². The number of β-lactam (4-membered cyclic amide) rings is 1. The smallest absolute Gasteiger partial charge is 0.353 e. The summed E-state index contributed by atoms with van der Waals surface area (Å²) in [4.78, 5) is 54.2. The minimum absolute atomic E-state index is 0.0232. The zero-order valence-corrected chi connectivity index (χ0v) is 24.0. The highest BCUT2D eigenvalue weighted by Gasteiger charge is 2.54. The SMILES string of the molecule is CC(C)O/N=C(\C(=O)NC1C(=O)N2C(C(=O)O)=C(Sc3nc(-c4cc[n+](C)cc4)cs3)CCC12)c1nsc(N)n1. The first-order valence-corrected chi connectivity index (χ1v) is 14.6. The first-order valence-electron chi connectivity index (χ1n) is 12.1. The summed E-state index contributed by atoms with van der Waals surface area (Å²) in [6.07, 6.45) is 4.40. The van der Waals surface area contributed by atoms with Gasteiger partial charge in [0.25, 0.3) is 11.8 Å². The van der Waals surface area contributed by atoms with E-state index < -0.39 is 29.9 Å². The number of allylic oxidation sites excluding steroid dienone is 1. The summed E-state index contributed by atoms with van der Waals surface area (Å²) in [6, 6.07) is 2.45. The molecule has 5 rings (SSSR count). The number of rotatable bonds is 9. The van der Waals surface area contributed by atoms with E-state index in [-0.39, 0.29) is 28.5 Å². The van der Waals surface area contributed by atoms with Gasteiger partial charge in [0.2, 0.25) is 11.5 Å². The second-order valence-electron chi connectivity index (χ2n) is 9.25. The van der Waals surface area contributed by atoms with Crippen molar-refractivity contribution in [1.82, 2.24) is 24.6 Å². The second kappa shape index (κ2) is 11.3. The highest BCUT2D eigenvalue weighted by Crippen LogP contribution is 2.44. The number of nitrogens with two attached hydrogens (primary N) is 1. The van der Waals surface area contributed by atoms with Crippen LogP contribution in [0.15, 0.2) is 50.0 Å². The number of nitrogen functional groups attached to an aromatic ring is 1. The van der Waals surface area contributed by atoms with Crippen LogP contribution in [-0.4, -0.2) is 66.0 Å². The predicted octanol–water partition coefficient (Wildman–Crippen LogP) is 1.78. The Bertz CT molecular complexity index is 1530. The summed E-state index contributed by atoms with van der Waals surface area (Å²) in [5, 5.41) is 18.6. The van der Waals surface area contributed by atoms with Gasteiger partial charge in [-0.05, 0) is 26.7 Å². The number of carbonyl (C=O) groups excluding carboxylic acids is 2. The number of aryl methyl sites for hydroxylation is 1. The number of thiazole rings is 1. The number of oxime groups is 1. The number of nitrogens with zero attached hydrogens (tertiary/aromatic N) is 6. The molecule has 2 unspecified atom stereocenters. The van der Waals surface area contributed by atoms with Crippen molar-refractivity contribution >= 4 is 63.3 Å². The average Bonchev–Trinajstić information content (AvgIpc) is 3.56. The molecule has 0 aromatic carbocycles. The summed E-state index contributed by atoms with van der Waals surface area (Å²) in [5.41, 5.74) is 7.08. The topological polar surface area (TPSA) is 177 Å². The zero-order valence-electron chi connectivity index (χ0n) is 21.6. The van der Waals surface area contributed by atoms with Crippen molar-refractivity contribution in [3.8, 4) is 11.3 Å². The summed E-state index contributed by atoms with van der Waals surface area (Å²) in [7, 11) is 1.93. The van der Waals surface area contributed by atoms with Gasteiger partial charge in [-0.2, -0.15) is 9.36 Å². The van der Waals surface area contributed by atoms with E-state index in [0.717, 1.165) is 22.8 Å². The third kappa shape index (κ3) is 5.55. The summed E-state index contributed by atoms with van der Waals surface area (Å²) < 4.78 is 6.62. The molecule has 0 spiro atoms. The fourth-order valence-electron chi connectivity index (χ4n) is 4.22. The molecular formula is C24H25N8O5S3+. The summed E-state index contributed by atoms with van der Waals surface area (Å²) >= 11 is 3.55. The van der Waals surface area contributed by atoms with E-state index >= 15 is 0 Å². The van der Waals surface area contributed by atoms with Gasteiger partial charge in [0.15, 0.2) is 21.9 Å². The second-order valence-corrected chi connectivity index (χ2v) is 12.2. The quantitative estimate of drug-likeness (QED) is 0.142. The molecule has 0 bridgehead atoms. The normalized spacial score (nSPS) is 18.9. The van der Waals surface area contributed by atoms with E-state index in [1.807, 2.05) is 41.5 Å². The molecule has 5 heterocycles. The van der Waals surface area contributed by atoms with Gasteiger partial charge in [-0.25, -0.2) is 14.3 Å². The summed E-state index contributed by atoms with van der Waals surface area (Å²) in [5.74, 6) is -2.49. The molecule has 16 heteroatoms. The Morgan fingerprint density at radius 1 is 1.32 bits per heavy atom. The van der Waals surface area contributed by atoms with E-state index in [4.69, 9.17) is 10.6 Å². The molecule has 40 heavy (non-hydrogen) atoms. The van der Waals surface area contributed by atoms with Crippen LogP contribution in [0.25, 0.3) is 11.3 Å². The highest BCUT2D eigenvalue weighted by molar-refractivity contribution is 8.04. The Morgan fingerprint density at radius 3 is 2.73 bits per heavy atom. The number of aliphatic carboxylic acids is 1. The number of nitrogens with one attached hydrogen (secondary N) is 1. The van der Waals surface area contributed by atoms with Gasteiger partial charge in [-0.15, -0.1) is 11.3 Å². The van der Waals surface area contributed by atoms with Crippen LogP contribution in [0.3, 0.4) is 0 Å². The molecule has 2 aliphatic heterocycles. The number of pyridine rings is 1. The number of amides is 2. The standard InChI is InChI=1S/C24H24N8O5S3/c1-11(2)37-29-17(19-28-23(25)40-30-19)20(33)27-16-14-4-5-15(18(22(35)36)32(14)21(16)34)39-24-26-13(10-38-24)12-6-8-31(3)9-7-12/h6-11,14,16H,4-5H2,1-3H3,(H3-,25,27,28,30,33,35,36)/p+1/b29-17-. The number of fused-ring (bicyclic) bond motifs is 1. The molecule has 4 N–H and O–H groups in total. The lowest BCUT2D eigenvalue weighted by atomic mass is 9.86. The van der Waals surface area contributed by atoms with Gasteiger partial charge in [-0.3, -0.25) is 14.5 Å². The monoisotopic (exact) mass is 601 g/mol. The minimum atomic E-state index is -1.22. The lowest BCUT2D eigenvalue weighted by Gasteiger charge is -2.49. The van der Waals surface area contributed by atoms with Crippen molar-refractivity contribution in [2.45, 2.75) is 49.2 Å². The maximum Gasteiger partial charge on any atom is 0.353 e. The van der Waals surface area contributed by atoms with Gasteiger partial charge in [0.1, 0.15) is 24.9 Å². The van der Waals surface area contributed by atoms with Gasteiger partial charge < -0.3 is 21.0 Å². The first-order chi connectivity index (χ1) is 19.1. The summed E-state index contributed by atoms with van der Waals surface area (Å²) in [6.45, 7) is 3.47. The molecule has 0 saturated carbocycles. The van der Waals surface area contributed by atoms with Gasteiger partial charge in [0.05, 0.1) is 11.7 Å². The molecule has 3 aromatic heterocycles. The van der Waals surface area contributed by atoms with Crippen LogP contribution in [0.4, 0.5) is 5.13 Å². The van der Waals surface area contributed by atoms with E-state index in [9.17, 15) is 19.5 Å². The fourth-order valence-corrected chi connectivity index (χ4v) is 6.71. The fraction of sp³-hybridized carbons (Fsp3) is 0.333. The largest absolute Gasteiger partial charge is 0.477 e. The maximum atomic E-state index is 13.2. The van der Waals surface area contributed by atoms with Gasteiger partial charge in [0, 0.05) is 39.5 Å². The molecule has 2 amide bonds. The number of carbonyl (C=O) groups is 3. The number of carboxylic acid groups (broad SMARTS) is 1. The first kappa shape index (κ1) is 27.7. The molecule has 13 nitrogen and oxygen atoms in total. The Kier molecular flexibility index (Phi) is 7.82. The number of carboxylic acids is 1. The van der Waals surface area contributed by atoms with Crippen molar-refractivity contribution in [3.05, 3.63) is 46.3 Å². The van der Waals surface area contributed by atoms with Crippen LogP contribution in [-0.2, 0) is 26.3 Å². The number of hydrogen-bond donors (Lipinski definition) is 3. The molecule has 3 aromatic rings. The number of anilines is 1. The molecule has 2 atom stereocenters. The van der Waals surface area contributed by atoms with Crippen molar-refractivity contribution in [1.29, 1.82) is 0 Å². The molecule has 0 radical (unpaired) electrons. The van der Waals surface area contributed by atoms with E-state index in [0.29, 0.717) is 22.1 Å². The van der Waals surface area contributed by atoms with Crippen molar-refractivity contribution in [3.63, 3.8) is 0 Å². The van der Waals surface area contributed by atoms with E-state index in [1.165, 1.54) is 28.0 Å². The Labute approximate surface area is 240 Å². The van der Waals surface area contributed by atoms with Crippen molar-refractivity contribution in [2.24, 2.45) is 12.2 Å². The lowest BCUT2D eigenvalue weighted by Crippen LogP contribution is -2.72. The van der Waals surface area contributed by atoms with Crippen molar-refractivity contribution in [2.75, 3.05) is 5.73 Å². The lowest BCUT2D eigenvalue weighted by molar-refractivity contribution is -0.671. The Balaban J connectivity index is 1.33. The Hall–Kier alpha value is -3.89. The molecule has 2 aliphatic rings. The van der Waals surface area contributed by atoms with Crippen LogP contribution in [0.1, 0.15) is 32.5 Å². The third-order valence-corrected chi connectivity index (χ3v) is 8.70. The molecule has 208 valence electrons. The van der Waals surface area contributed by atoms with E-state index in [2.05, 4.69) is 24.8 Å². The van der Waals surface area contributed by atoms with Crippen LogP contribution >= 0.6 is 34.6 Å². The molecule has 0 aliphatic carbocycles. The maximum absolute atomic E-state index is 13.2. The molecular weight excluding hydrogens is 577 g/mol. The van der Waals surface area contributed by atoms with E-state index in [1.54, 1.807) is 13.8 Å². The molecule has 1 fully saturated rings. The Morgan fingerprint density at radius 2 is 2.08 bits per heavy atom. The van der Waals surface area contributed by atoms with Gasteiger partial charge >= 0.3 is 5.97 Å². The number of aromatic nitrogens is 4. The van der Waals surface area contributed by atoms with Crippen LogP contribution in [0.5, 0.6) is 0 Å². The van der Waals surface area contributed by atoms with Crippen LogP contribution < -0.4 is 15.6 Å². The van der Waals surface area contributed by atoms with Crippen LogP contribution in [0, 0.1) is 0 Å². The van der Waals surface area contributed by atoms with Gasteiger partial charge in [-0.1, -0.05) is 16.9 Å². The number of hydrogen-bond acceptors (Lipinski definition) is 12. The number of thioether (sulfide) groups is 1. The average molecular weight is 602 g/mol. The zero-order chi connectivity index (χ0) is 28.6. The minimum Gasteiger partial charge on any atom is -0.477 e.